The summed E-state index contributed by atoms with van der Waals surface area (Å²) in [7, 11) is 0. The van der Waals surface area contributed by atoms with Gasteiger partial charge >= 0.3 is 6.01 Å². The molecule has 42 heavy (non-hydrogen) atoms. The summed E-state index contributed by atoms with van der Waals surface area (Å²) >= 11 is 0. The van der Waals surface area contributed by atoms with E-state index < -0.39 is 0 Å². The number of rotatable bonds is 7. The van der Waals surface area contributed by atoms with Gasteiger partial charge in [0.15, 0.2) is 5.82 Å². The lowest BCUT2D eigenvalue weighted by molar-refractivity contribution is 0.107. The largest absolute Gasteiger partial charge is 0.461 e. The zero-order chi connectivity index (χ0) is 28.1. The Kier molecular flexibility index (Phi) is 6.50. The van der Waals surface area contributed by atoms with Crippen LogP contribution in [0.1, 0.15) is 74.1 Å². The summed E-state index contributed by atoms with van der Waals surface area (Å²) in [6.07, 6.45) is 10.7. The molecule has 0 bridgehead atoms. The van der Waals surface area contributed by atoms with Crippen molar-refractivity contribution in [2.24, 2.45) is 0 Å². The molecule has 2 saturated heterocycles. The first-order valence-corrected chi connectivity index (χ1v) is 15.9. The van der Waals surface area contributed by atoms with Gasteiger partial charge < -0.3 is 19.5 Å². The van der Waals surface area contributed by atoms with Crippen molar-refractivity contribution in [3.8, 4) is 6.01 Å². The number of nitrogens with one attached hydrogen (secondary N) is 1. The summed E-state index contributed by atoms with van der Waals surface area (Å²) in [6, 6.07) is 13.9. The Balaban J connectivity index is 1.14. The van der Waals surface area contributed by atoms with Gasteiger partial charge in [0, 0.05) is 29.7 Å². The van der Waals surface area contributed by atoms with Gasteiger partial charge in [0.05, 0.1) is 23.8 Å². The molecule has 6 heterocycles. The molecule has 8 rings (SSSR count). The van der Waals surface area contributed by atoms with Gasteiger partial charge in [-0.2, -0.15) is 9.97 Å². The number of aryl methyl sites for hydroxylation is 2. The van der Waals surface area contributed by atoms with Crippen LogP contribution in [0.2, 0.25) is 0 Å². The van der Waals surface area contributed by atoms with E-state index in [1.807, 2.05) is 6.33 Å². The van der Waals surface area contributed by atoms with E-state index in [1.54, 1.807) is 0 Å². The molecule has 0 aliphatic carbocycles. The first-order valence-electron chi connectivity index (χ1n) is 15.9. The van der Waals surface area contributed by atoms with Crippen molar-refractivity contribution in [1.29, 1.82) is 0 Å². The predicted molar refractivity (Wildman–Crippen MR) is 164 cm³/mol. The van der Waals surface area contributed by atoms with Gasteiger partial charge in [0.25, 0.3) is 0 Å². The molecule has 0 amide bonds. The van der Waals surface area contributed by atoms with E-state index in [2.05, 4.69) is 73.2 Å². The van der Waals surface area contributed by atoms with Crippen molar-refractivity contribution in [3.05, 3.63) is 65.4 Å². The first-order chi connectivity index (χ1) is 20.7. The molecule has 1 atom stereocenters. The van der Waals surface area contributed by atoms with E-state index in [-0.39, 0.29) is 11.6 Å². The van der Waals surface area contributed by atoms with Crippen LogP contribution in [0.5, 0.6) is 6.01 Å². The van der Waals surface area contributed by atoms with Crippen LogP contribution in [0.4, 0.5) is 11.5 Å². The monoisotopic (exact) mass is 564 g/mol. The second-order valence-corrected chi connectivity index (χ2v) is 12.5. The quantitative estimate of drug-likeness (QED) is 0.324. The van der Waals surface area contributed by atoms with Crippen LogP contribution < -0.4 is 15.0 Å². The fourth-order valence-corrected chi connectivity index (χ4v) is 8.02. The number of anilines is 2. The lowest BCUT2D eigenvalue weighted by Crippen LogP contribution is -2.43. The van der Waals surface area contributed by atoms with Gasteiger partial charge in [-0.3, -0.25) is 4.90 Å². The lowest BCUT2D eigenvalue weighted by atomic mass is 9.95. The topological polar surface area (TPSA) is 84.2 Å². The van der Waals surface area contributed by atoms with Crippen LogP contribution in [0, 0.1) is 0 Å². The molecule has 4 aromatic rings. The maximum Gasteiger partial charge on any atom is 0.318 e. The molecular weight excluding hydrogens is 524 g/mol. The Hall–Kier alpha value is -3.72. The summed E-state index contributed by atoms with van der Waals surface area (Å²) in [5, 5.41) is 15.1. The molecule has 1 N–H and O–H groups in total. The van der Waals surface area contributed by atoms with Gasteiger partial charge in [-0.15, -0.1) is 10.2 Å². The van der Waals surface area contributed by atoms with Gasteiger partial charge in [0.1, 0.15) is 18.8 Å². The van der Waals surface area contributed by atoms with Crippen LogP contribution in [-0.4, -0.2) is 61.4 Å². The Bertz CT molecular complexity index is 1600. The number of hydrogen-bond acceptors (Lipinski definition) is 8. The van der Waals surface area contributed by atoms with Gasteiger partial charge in [-0.05, 0) is 81.5 Å². The highest BCUT2D eigenvalue weighted by molar-refractivity contribution is 5.97. The average Bonchev–Trinajstić information content (AvgIpc) is 3.76. The number of fused-ring (bicyclic) bond motifs is 4. The minimum absolute atomic E-state index is 0.0788. The van der Waals surface area contributed by atoms with Crippen molar-refractivity contribution >= 4 is 22.3 Å². The Morgan fingerprint density at radius 1 is 1.00 bits per heavy atom. The van der Waals surface area contributed by atoms with Gasteiger partial charge in [0.2, 0.25) is 0 Å². The van der Waals surface area contributed by atoms with Crippen LogP contribution in [0.3, 0.4) is 0 Å². The van der Waals surface area contributed by atoms with E-state index in [0.29, 0.717) is 12.6 Å². The third-order valence-corrected chi connectivity index (χ3v) is 10.2. The predicted octanol–water partition coefficient (Wildman–Crippen LogP) is 5.30. The van der Waals surface area contributed by atoms with Crippen molar-refractivity contribution in [2.75, 3.05) is 36.5 Å². The number of ether oxygens (including phenoxy) is 1. The number of aromatic nitrogens is 5. The van der Waals surface area contributed by atoms with Crippen LogP contribution >= 0.6 is 0 Å². The number of hydrogen-bond donors (Lipinski definition) is 1. The summed E-state index contributed by atoms with van der Waals surface area (Å²) in [4.78, 5) is 15.3. The maximum absolute atomic E-state index is 6.54. The van der Waals surface area contributed by atoms with Crippen molar-refractivity contribution < 1.29 is 4.74 Å². The number of nitrogens with zero attached hydrogens (tertiary/aromatic N) is 7. The summed E-state index contributed by atoms with van der Waals surface area (Å²) in [5.41, 5.74) is 5.09. The molecule has 4 aliphatic heterocycles. The Morgan fingerprint density at radius 2 is 1.86 bits per heavy atom. The molecule has 1 unspecified atom stereocenters. The smallest absolute Gasteiger partial charge is 0.318 e. The van der Waals surface area contributed by atoms with Gasteiger partial charge in [-0.1, -0.05) is 37.3 Å². The van der Waals surface area contributed by atoms with Crippen LogP contribution in [-0.2, 0) is 25.9 Å². The first kappa shape index (κ1) is 25.9. The fourth-order valence-electron chi connectivity index (χ4n) is 8.02. The molecule has 2 aromatic heterocycles. The highest BCUT2D eigenvalue weighted by Gasteiger charge is 2.45. The fraction of sp³-hybridized carbons (Fsp3) is 0.515. The molecule has 2 aromatic carbocycles. The second kappa shape index (κ2) is 10.5. The Labute approximate surface area is 247 Å². The minimum atomic E-state index is 0.0788. The molecule has 0 saturated carbocycles. The minimum Gasteiger partial charge on any atom is -0.461 e. The molecule has 2 fully saturated rings. The standard InChI is InChI=1S/C33H40N8O/c1-2-23-8-3-9-24-10-4-12-28(29(23)24)39-19-13-25-27(20-39)36-32(42-21-33-14-6-17-41(33)18-7-15-33)37-30(25)35-26-11-5-16-40-22-34-38-31(26)40/h3-4,8-10,12,22,26H,2,5-7,11,13-21H2,1H3,(H,35,36,37). The summed E-state index contributed by atoms with van der Waals surface area (Å²) < 4.78 is 8.70. The SMILES string of the molecule is CCc1cccc2cccc(N3CCc4c(nc(OCC56CCCN5CCC6)nc4NC4CCCn5cnnc54)C3)c12. The highest BCUT2D eigenvalue weighted by atomic mass is 16.5. The average molecular weight is 565 g/mol. The van der Waals surface area contributed by atoms with E-state index in [4.69, 9.17) is 14.7 Å². The molecule has 4 aliphatic rings. The van der Waals surface area contributed by atoms with E-state index in [1.165, 1.54) is 66.4 Å². The van der Waals surface area contributed by atoms with Crippen LogP contribution in [0.15, 0.2) is 42.7 Å². The van der Waals surface area contributed by atoms with E-state index >= 15 is 0 Å². The molecule has 0 spiro atoms. The van der Waals surface area contributed by atoms with Crippen LogP contribution in [0.25, 0.3) is 10.8 Å². The second-order valence-electron chi connectivity index (χ2n) is 12.5. The molecule has 9 nitrogen and oxygen atoms in total. The molecular formula is C33H40N8O. The highest BCUT2D eigenvalue weighted by Crippen LogP contribution is 2.40. The zero-order valence-electron chi connectivity index (χ0n) is 24.6. The van der Waals surface area contributed by atoms with E-state index in [0.717, 1.165) is 62.7 Å². The summed E-state index contributed by atoms with van der Waals surface area (Å²) in [5.74, 6) is 1.89. The number of benzene rings is 2. The molecule has 0 radical (unpaired) electrons. The third-order valence-electron chi connectivity index (χ3n) is 10.2. The Morgan fingerprint density at radius 3 is 2.71 bits per heavy atom. The van der Waals surface area contributed by atoms with Crippen molar-refractivity contribution in [2.45, 2.75) is 83.0 Å². The third kappa shape index (κ3) is 4.40. The molecule has 218 valence electrons. The molecule has 9 heteroatoms. The van der Waals surface area contributed by atoms with Gasteiger partial charge in [-0.25, -0.2) is 0 Å². The van der Waals surface area contributed by atoms with Crippen molar-refractivity contribution in [1.82, 2.24) is 29.6 Å². The zero-order valence-corrected chi connectivity index (χ0v) is 24.6. The summed E-state index contributed by atoms with van der Waals surface area (Å²) in [6.45, 7) is 7.89. The maximum atomic E-state index is 6.54. The van der Waals surface area contributed by atoms with E-state index in [9.17, 15) is 0 Å². The van der Waals surface area contributed by atoms with Crippen molar-refractivity contribution in [3.63, 3.8) is 0 Å². The lowest BCUT2D eigenvalue weighted by Gasteiger charge is -2.34. The normalized spacial score (nSPS) is 21.3.